The molecule has 132 valence electrons. The number of rotatable bonds is 3. The average molecular weight is 349 g/mol. The molecule has 1 saturated carbocycles. The summed E-state index contributed by atoms with van der Waals surface area (Å²) >= 11 is 0. The molecule has 0 bridgehead atoms. The number of hydrazone groups is 1. The second-order valence-electron chi connectivity index (χ2n) is 6.85. The summed E-state index contributed by atoms with van der Waals surface area (Å²) in [6.45, 7) is 0.769. The van der Waals surface area contributed by atoms with Gasteiger partial charge in [-0.2, -0.15) is 10.4 Å². The van der Waals surface area contributed by atoms with Crippen LogP contribution in [-0.4, -0.2) is 50.0 Å². The Morgan fingerprint density at radius 2 is 2.23 bits per heavy atom. The minimum absolute atomic E-state index is 0.139. The summed E-state index contributed by atoms with van der Waals surface area (Å²) in [6, 6.07) is 4.77. The van der Waals surface area contributed by atoms with Crippen LogP contribution < -0.4 is 10.6 Å². The van der Waals surface area contributed by atoms with Crippen molar-refractivity contribution >= 4 is 17.8 Å². The van der Waals surface area contributed by atoms with Crippen LogP contribution in [0.25, 0.3) is 0 Å². The molecule has 0 spiro atoms. The molecule has 2 aromatic rings. The van der Waals surface area contributed by atoms with Gasteiger partial charge in [0, 0.05) is 12.2 Å². The molecule has 2 aliphatic heterocycles. The highest BCUT2D eigenvalue weighted by atomic mass is 15.6. The van der Waals surface area contributed by atoms with E-state index in [0.717, 1.165) is 37.4 Å². The molecular formula is C17H19N9. The number of anilines is 2. The number of fused-ring (bicyclic) bond motifs is 3. The van der Waals surface area contributed by atoms with E-state index in [1.54, 1.807) is 6.20 Å². The van der Waals surface area contributed by atoms with Crippen LogP contribution in [-0.2, 0) is 0 Å². The number of nitrogens with zero attached hydrogens (tertiary/aromatic N) is 6. The molecule has 9 heteroatoms. The summed E-state index contributed by atoms with van der Waals surface area (Å²) in [7, 11) is 0. The Morgan fingerprint density at radius 3 is 3.08 bits per heavy atom. The standard InChI is InChI=1S/C17H19N9/c18-6-12-7-21-15(8-20-12)24-11-1-2-13(5-11)26-17-16-14(3-4-19-16)22-9-25(17)10-23-26/h3-4,7-8,10-11,13,17,19,22H,1-2,5,9H2,(H,21,24)/t11-,13+,17?/m0/s1. The molecule has 1 unspecified atom stereocenters. The Hall–Kier alpha value is -3.28. The van der Waals surface area contributed by atoms with E-state index in [2.05, 4.69) is 46.7 Å². The number of aromatic nitrogens is 3. The van der Waals surface area contributed by atoms with E-state index < -0.39 is 0 Å². The number of aromatic amines is 1. The Balaban J connectivity index is 1.28. The van der Waals surface area contributed by atoms with E-state index in [9.17, 15) is 0 Å². The molecule has 3 aliphatic rings. The van der Waals surface area contributed by atoms with Crippen molar-refractivity contribution < 1.29 is 0 Å². The minimum atomic E-state index is 0.139. The molecule has 0 amide bonds. The maximum Gasteiger partial charge on any atom is 0.163 e. The first-order valence-electron chi connectivity index (χ1n) is 8.80. The molecule has 0 radical (unpaired) electrons. The van der Waals surface area contributed by atoms with Gasteiger partial charge in [0.2, 0.25) is 0 Å². The summed E-state index contributed by atoms with van der Waals surface area (Å²) < 4.78 is 0. The Kier molecular flexibility index (Phi) is 3.41. The number of nitriles is 1. The van der Waals surface area contributed by atoms with Crippen molar-refractivity contribution in [3.8, 4) is 6.07 Å². The maximum absolute atomic E-state index is 8.81. The van der Waals surface area contributed by atoms with Gasteiger partial charge in [0.1, 0.15) is 18.2 Å². The van der Waals surface area contributed by atoms with Crippen LogP contribution in [0.2, 0.25) is 0 Å². The number of nitrogens with one attached hydrogen (secondary N) is 3. The molecule has 26 heavy (non-hydrogen) atoms. The molecule has 2 aromatic heterocycles. The lowest BCUT2D eigenvalue weighted by Gasteiger charge is -2.37. The zero-order chi connectivity index (χ0) is 17.5. The molecule has 5 rings (SSSR count). The Bertz CT molecular complexity index is 865. The second-order valence-corrected chi connectivity index (χ2v) is 6.85. The summed E-state index contributed by atoms with van der Waals surface area (Å²) in [5, 5.41) is 22.6. The van der Waals surface area contributed by atoms with Crippen LogP contribution in [0.15, 0.2) is 29.8 Å². The quantitative estimate of drug-likeness (QED) is 0.773. The molecule has 4 heterocycles. The third-order valence-electron chi connectivity index (χ3n) is 5.28. The van der Waals surface area contributed by atoms with E-state index in [0.29, 0.717) is 17.8 Å². The predicted octanol–water partition coefficient (Wildman–Crippen LogP) is 1.65. The van der Waals surface area contributed by atoms with Gasteiger partial charge in [0.15, 0.2) is 11.9 Å². The molecule has 0 aromatic carbocycles. The molecule has 3 atom stereocenters. The molecule has 1 aliphatic carbocycles. The number of hydrogen-bond donors (Lipinski definition) is 3. The fraction of sp³-hybridized carbons (Fsp3) is 0.412. The number of H-pyrrole nitrogens is 1. The van der Waals surface area contributed by atoms with Crippen LogP contribution in [0.4, 0.5) is 11.5 Å². The largest absolute Gasteiger partial charge is 0.366 e. The summed E-state index contributed by atoms with van der Waals surface area (Å²) in [6.07, 6.45) is 10.3. The molecule has 1 fully saturated rings. The zero-order valence-corrected chi connectivity index (χ0v) is 14.1. The first kappa shape index (κ1) is 15.0. The smallest absolute Gasteiger partial charge is 0.163 e. The SMILES string of the molecule is N#Cc1cnc(N[C@H]2CC[C@@H](N3N=CN4CNc5cc[nH]c5C43)C2)cn1. The minimum Gasteiger partial charge on any atom is -0.366 e. The molecule has 9 nitrogen and oxygen atoms in total. The monoisotopic (exact) mass is 349 g/mol. The van der Waals surface area contributed by atoms with Crippen LogP contribution in [0.1, 0.15) is 36.8 Å². The third kappa shape index (κ3) is 2.42. The highest BCUT2D eigenvalue weighted by Crippen LogP contribution is 2.40. The van der Waals surface area contributed by atoms with Gasteiger partial charge in [-0.05, 0) is 25.3 Å². The van der Waals surface area contributed by atoms with Crippen LogP contribution in [0.3, 0.4) is 0 Å². The van der Waals surface area contributed by atoms with Crippen molar-refractivity contribution in [2.24, 2.45) is 5.10 Å². The predicted molar refractivity (Wildman–Crippen MR) is 96.0 cm³/mol. The van der Waals surface area contributed by atoms with Gasteiger partial charge in [-0.25, -0.2) is 9.97 Å². The Morgan fingerprint density at radius 1 is 1.27 bits per heavy atom. The lowest BCUT2D eigenvalue weighted by atomic mass is 10.1. The maximum atomic E-state index is 8.81. The van der Waals surface area contributed by atoms with Gasteiger partial charge in [-0.3, -0.25) is 5.01 Å². The van der Waals surface area contributed by atoms with E-state index >= 15 is 0 Å². The van der Waals surface area contributed by atoms with Gasteiger partial charge in [-0.15, -0.1) is 0 Å². The zero-order valence-electron chi connectivity index (χ0n) is 14.1. The van der Waals surface area contributed by atoms with Crippen molar-refractivity contribution in [3.05, 3.63) is 36.0 Å². The first-order valence-corrected chi connectivity index (χ1v) is 8.80. The van der Waals surface area contributed by atoms with E-state index in [-0.39, 0.29) is 6.17 Å². The van der Waals surface area contributed by atoms with E-state index in [1.165, 1.54) is 11.9 Å². The van der Waals surface area contributed by atoms with Crippen LogP contribution in [0.5, 0.6) is 0 Å². The van der Waals surface area contributed by atoms with Gasteiger partial charge in [0.25, 0.3) is 0 Å². The topological polar surface area (TPSA) is 108 Å². The van der Waals surface area contributed by atoms with Crippen molar-refractivity contribution in [3.63, 3.8) is 0 Å². The summed E-state index contributed by atoms with van der Waals surface area (Å²) in [4.78, 5) is 13.9. The van der Waals surface area contributed by atoms with Crippen LogP contribution in [0, 0.1) is 11.3 Å². The average Bonchev–Trinajstić information content (AvgIpc) is 3.40. The number of hydrogen-bond acceptors (Lipinski definition) is 8. The van der Waals surface area contributed by atoms with Crippen LogP contribution >= 0.6 is 0 Å². The van der Waals surface area contributed by atoms with E-state index in [1.807, 2.05) is 18.6 Å². The third-order valence-corrected chi connectivity index (χ3v) is 5.28. The highest BCUT2D eigenvalue weighted by molar-refractivity contribution is 5.63. The van der Waals surface area contributed by atoms with Crippen molar-refractivity contribution in [1.82, 2.24) is 24.9 Å². The lowest BCUT2D eigenvalue weighted by molar-refractivity contribution is 0.0835. The van der Waals surface area contributed by atoms with Gasteiger partial charge in [-0.1, -0.05) is 0 Å². The molecule has 0 saturated heterocycles. The summed E-state index contributed by atoms with van der Waals surface area (Å²) in [5.41, 5.74) is 2.66. The molecule has 3 N–H and O–H groups in total. The van der Waals surface area contributed by atoms with Crippen molar-refractivity contribution in [2.75, 3.05) is 17.3 Å². The fourth-order valence-electron chi connectivity index (χ4n) is 4.05. The normalized spacial score (nSPS) is 26.2. The fourth-order valence-corrected chi connectivity index (χ4v) is 4.05. The summed E-state index contributed by atoms with van der Waals surface area (Å²) in [5.74, 6) is 0.717. The van der Waals surface area contributed by atoms with Gasteiger partial charge in [0.05, 0.1) is 36.5 Å². The first-order chi connectivity index (χ1) is 12.8. The van der Waals surface area contributed by atoms with E-state index in [4.69, 9.17) is 5.26 Å². The van der Waals surface area contributed by atoms with Crippen molar-refractivity contribution in [2.45, 2.75) is 37.5 Å². The lowest BCUT2D eigenvalue weighted by Crippen LogP contribution is -2.42. The van der Waals surface area contributed by atoms with Crippen molar-refractivity contribution in [1.29, 1.82) is 5.26 Å². The second kappa shape index (κ2) is 5.91. The van der Waals surface area contributed by atoms with Gasteiger partial charge < -0.3 is 20.5 Å². The van der Waals surface area contributed by atoms with Gasteiger partial charge >= 0.3 is 0 Å². The molecular weight excluding hydrogens is 330 g/mol. The Labute approximate surface area is 150 Å². The highest BCUT2D eigenvalue weighted by Gasteiger charge is 2.41.